The number of hydrogen-bond acceptors (Lipinski definition) is 6. The number of piperidine rings is 1. The number of anilines is 1. The molecule has 0 bridgehead atoms. The predicted molar refractivity (Wildman–Crippen MR) is 124 cm³/mol. The molecule has 7 nitrogen and oxygen atoms in total. The monoisotopic (exact) mass is 443 g/mol. The maximum atomic E-state index is 12.0. The highest BCUT2D eigenvalue weighted by atomic mass is 16.6. The molecule has 0 saturated carbocycles. The summed E-state index contributed by atoms with van der Waals surface area (Å²) in [5.74, 6) is -0.627. The minimum absolute atomic E-state index is 0.108. The minimum atomic E-state index is -0.517. The SMILES string of the molecule is CC(C)(C)OC(=O)CCC(C#N)c1ccc(N2CCC(NC(=O)OC(C)(C)C)CC2)cc1. The van der Waals surface area contributed by atoms with Crippen LogP contribution in [0.5, 0.6) is 0 Å². The van der Waals surface area contributed by atoms with Crippen molar-refractivity contribution in [3.8, 4) is 6.07 Å². The average Bonchev–Trinajstić information content (AvgIpc) is 2.67. The van der Waals surface area contributed by atoms with Crippen molar-refractivity contribution < 1.29 is 19.1 Å². The second kappa shape index (κ2) is 10.7. The van der Waals surface area contributed by atoms with E-state index in [0.717, 1.165) is 37.2 Å². The molecule has 1 atom stereocenters. The van der Waals surface area contributed by atoms with Crippen LogP contribution in [0, 0.1) is 11.3 Å². The van der Waals surface area contributed by atoms with Crippen molar-refractivity contribution in [2.75, 3.05) is 18.0 Å². The number of hydrogen-bond donors (Lipinski definition) is 1. The number of nitriles is 1. The van der Waals surface area contributed by atoms with Crippen molar-refractivity contribution >= 4 is 17.7 Å². The van der Waals surface area contributed by atoms with Gasteiger partial charge < -0.3 is 19.7 Å². The summed E-state index contributed by atoms with van der Waals surface area (Å²) in [6, 6.07) is 10.4. The molecule has 1 aliphatic heterocycles. The van der Waals surface area contributed by atoms with Crippen LogP contribution in [0.25, 0.3) is 0 Å². The molecule has 0 spiro atoms. The first-order valence-corrected chi connectivity index (χ1v) is 11.3. The Morgan fingerprint density at radius 2 is 1.62 bits per heavy atom. The Hall–Kier alpha value is -2.75. The summed E-state index contributed by atoms with van der Waals surface area (Å²) in [7, 11) is 0. The van der Waals surface area contributed by atoms with E-state index in [-0.39, 0.29) is 30.4 Å². The predicted octanol–water partition coefficient (Wildman–Crippen LogP) is 4.91. The number of benzene rings is 1. The van der Waals surface area contributed by atoms with Crippen LogP contribution in [-0.2, 0) is 14.3 Å². The second-order valence-corrected chi connectivity index (χ2v) is 10.3. The Balaban J connectivity index is 1.85. The van der Waals surface area contributed by atoms with Crippen LogP contribution >= 0.6 is 0 Å². The number of rotatable bonds is 6. The minimum Gasteiger partial charge on any atom is -0.460 e. The number of alkyl carbamates (subject to hydrolysis) is 1. The summed E-state index contributed by atoms with van der Waals surface area (Å²) < 4.78 is 10.7. The van der Waals surface area contributed by atoms with Crippen LogP contribution in [0.1, 0.15) is 78.7 Å². The Bertz CT molecular complexity index is 808. The first kappa shape index (κ1) is 25.5. The van der Waals surface area contributed by atoms with E-state index in [1.165, 1.54) is 0 Å². The van der Waals surface area contributed by atoms with Crippen molar-refractivity contribution in [3.63, 3.8) is 0 Å². The first-order valence-electron chi connectivity index (χ1n) is 11.3. The fourth-order valence-electron chi connectivity index (χ4n) is 3.63. The standard InChI is InChI=1S/C25H37N3O4/c1-24(2,3)31-22(29)12-9-19(17-26)18-7-10-21(11-8-18)28-15-13-20(14-16-28)27-23(30)32-25(4,5)6/h7-8,10-11,19-20H,9,12-16H2,1-6H3,(H,27,30). The van der Waals surface area contributed by atoms with Crippen molar-refractivity contribution in [1.29, 1.82) is 5.26 Å². The van der Waals surface area contributed by atoms with Gasteiger partial charge in [0.15, 0.2) is 0 Å². The summed E-state index contributed by atoms with van der Waals surface area (Å²) in [6.07, 6.45) is 1.98. The molecule has 1 heterocycles. The highest BCUT2D eigenvalue weighted by molar-refractivity contribution is 5.70. The summed E-state index contributed by atoms with van der Waals surface area (Å²) in [4.78, 5) is 26.2. The normalized spacial score (nSPS) is 16.1. The lowest BCUT2D eigenvalue weighted by molar-refractivity contribution is -0.154. The van der Waals surface area contributed by atoms with Gasteiger partial charge in [0.25, 0.3) is 0 Å². The number of amides is 1. The molecule has 2 rings (SSSR count). The van der Waals surface area contributed by atoms with Gasteiger partial charge in [0.1, 0.15) is 11.2 Å². The smallest absolute Gasteiger partial charge is 0.407 e. The van der Waals surface area contributed by atoms with E-state index in [1.807, 2.05) is 65.8 Å². The van der Waals surface area contributed by atoms with E-state index in [9.17, 15) is 14.9 Å². The molecule has 1 aromatic carbocycles. The van der Waals surface area contributed by atoms with E-state index in [1.54, 1.807) is 0 Å². The Labute approximate surface area is 192 Å². The molecule has 1 aliphatic rings. The van der Waals surface area contributed by atoms with Crippen LogP contribution < -0.4 is 10.2 Å². The lowest BCUT2D eigenvalue weighted by Crippen LogP contribution is -2.46. The largest absolute Gasteiger partial charge is 0.460 e. The van der Waals surface area contributed by atoms with Crippen LogP contribution in [0.3, 0.4) is 0 Å². The van der Waals surface area contributed by atoms with Gasteiger partial charge in [0, 0.05) is 31.2 Å². The molecule has 0 aromatic heterocycles. The first-order chi connectivity index (χ1) is 14.9. The number of nitrogens with zero attached hydrogens (tertiary/aromatic N) is 2. The third kappa shape index (κ3) is 8.78. The molecule has 1 amide bonds. The van der Waals surface area contributed by atoms with Gasteiger partial charge in [-0.2, -0.15) is 5.26 Å². The topological polar surface area (TPSA) is 91.7 Å². The van der Waals surface area contributed by atoms with Gasteiger partial charge in [-0.15, -0.1) is 0 Å². The van der Waals surface area contributed by atoms with Gasteiger partial charge in [0.2, 0.25) is 0 Å². The van der Waals surface area contributed by atoms with E-state index >= 15 is 0 Å². The van der Waals surface area contributed by atoms with Gasteiger partial charge in [-0.1, -0.05) is 12.1 Å². The highest BCUT2D eigenvalue weighted by Gasteiger charge is 2.24. The maximum absolute atomic E-state index is 12.0. The third-order valence-electron chi connectivity index (χ3n) is 5.09. The number of ether oxygens (including phenoxy) is 2. The van der Waals surface area contributed by atoms with Gasteiger partial charge >= 0.3 is 12.1 Å². The summed E-state index contributed by atoms with van der Waals surface area (Å²) in [5.41, 5.74) is 0.979. The van der Waals surface area contributed by atoms with E-state index in [4.69, 9.17) is 9.47 Å². The van der Waals surface area contributed by atoms with Crippen LogP contribution in [0.15, 0.2) is 24.3 Å². The zero-order valence-corrected chi connectivity index (χ0v) is 20.2. The molecule has 1 saturated heterocycles. The van der Waals surface area contributed by atoms with Gasteiger partial charge in [-0.25, -0.2) is 4.79 Å². The van der Waals surface area contributed by atoms with Crippen molar-refractivity contribution in [1.82, 2.24) is 5.32 Å². The molecule has 176 valence electrons. The van der Waals surface area contributed by atoms with Gasteiger partial charge in [-0.05, 0) is 78.5 Å². The number of esters is 1. The third-order valence-corrected chi connectivity index (χ3v) is 5.09. The molecule has 1 aromatic rings. The summed E-state index contributed by atoms with van der Waals surface area (Å²) in [6.45, 7) is 12.7. The van der Waals surface area contributed by atoms with Gasteiger partial charge in [0.05, 0.1) is 12.0 Å². The Kier molecular flexibility index (Phi) is 8.54. The fourth-order valence-corrected chi connectivity index (χ4v) is 3.63. The van der Waals surface area contributed by atoms with E-state index in [2.05, 4.69) is 16.3 Å². The zero-order valence-electron chi connectivity index (χ0n) is 20.2. The summed E-state index contributed by atoms with van der Waals surface area (Å²) in [5, 5.41) is 12.5. The lowest BCUT2D eigenvalue weighted by atomic mass is 9.95. The molecule has 7 heteroatoms. The zero-order chi connectivity index (χ0) is 23.9. The molecular weight excluding hydrogens is 406 g/mol. The summed E-state index contributed by atoms with van der Waals surface area (Å²) >= 11 is 0. The van der Waals surface area contributed by atoms with Crippen LogP contribution in [0.4, 0.5) is 10.5 Å². The number of carbonyl (C=O) groups is 2. The molecule has 32 heavy (non-hydrogen) atoms. The molecule has 1 unspecified atom stereocenters. The highest BCUT2D eigenvalue weighted by Crippen LogP contribution is 2.26. The molecule has 0 aliphatic carbocycles. The van der Waals surface area contributed by atoms with Crippen LogP contribution in [-0.4, -0.2) is 42.4 Å². The average molecular weight is 444 g/mol. The molecular formula is C25H37N3O4. The number of nitrogens with one attached hydrogen (secondary N) is 1. The van der Waals surface area contributed by atoms with Gasteiger partial charge in [-0.3, -0.25) is 4.79 Å². The lowest BCUT2D eigenvalue weighted by Gasteiger charge is -2.34. The van der Waals surface area contributed by atoms with Crippen molar-refractivity contribution in [2.24, 2.45) is 0 Å². The Morgan fingerprint density at radius 1 is 1.06 bits per heavy atom. The molecule has 1 N–H and O–H groups in total. The van der Waals surface area contributed by atoms with Crippen molar-refractivity contribution in [2.45, 2.75) is 90.4 Å². The molecule has 0 radical (unpaired) electrons. The van der Waals surface area contributed by atoms with Crippen LogP contribution in [0.2, 0.25) is 0 Å². The Morgan fingerprint density at radius 3 is 2.12 bits per heavy atom. The second-order valence-electron chi connectivity index (χ2n) is 10.3. The van der Waals surface area contributed by atoms with Crippen molar-refractivity contribution in [3.05, 3.63) is 29.8 Å². The quantitative estimate of drug-likeness (QED) is 0.628. The fraction of sp³-hybridized carbons (Fsp3) is 0.640. The van der Waals surface area contributed by atoms with E-state index in [0.29, 0.717) is 6.42 Å². The number of carbonyl (C=O) groups excluding carboxylic acids is 2. The molecule has 1 fully saturated rings. The maximum Gasteiger partial charge on any atom is 0.407 e. The van der Waals surface area contributed by atoms with E-state index < -0.39 is 11.2 Å².